The maximum atomic E-state index is 11.1. The average molecular weight is 350 g/mol. The second-order valence-corrected chi connectivity index (χ2v) is 6.95. The molecule has 6 nitrogen and oxygen atoms in total. The van der Waals surface area contributed by atoms with Crippen LogP contribution in [0.25, 0.3) is 0 Å². The van der Waals surface area contributed by atoms with Crippen molar-refractivity contribution in [1.29, 1.82) is 0 Å². The molecule has 22 heavy (non-hydrogen) atoms. The van der Waals surface area contributed by atoms with Gasteiger partial charge in [-0.05, 0) is 24.3 Å². The lowest BCUT2D eigenvalue weighted by atomic mass is 10.2. The van der Waals surface area contributed by atoms with Gasteiger partial charge in [0.15, 0.2) is 11.6 Å². The maximum Gasteiger partial charge on any atom is 0.310 e. The molecule has 0 bridgehead atoms. The summed E-state index contributed by atoms with van der Waals surface area (Å²) in [5.74, 6) is -0.456. The molecular formula is C14H22O6S2. The predicted octanol–water partition coefficient (Wildman–Crippen LogP) is 2.10. The van der Waals surface area contributed by atoms with Gasteiger partial charge in [-0.2, -0.15) is 23.5 Å². The molecule has 0 fully saturated rings. The van der Waals surface area contributed by atoms with E-state index in [4.69, 9.17) is 10.2 Å². The van der Waals surface area contributed by atoms with Crippen molar-refractivity contribution >= 4 is 47.0 Å². The van der Waals surface area contributed by atoms with Gasteiger partial charge in [-0.3, -0.25) is 19.2 Å². The normalized spacial score (nSPS) is 10.4. The van der Waals surface area contributed by atoms with Gasteiger partial charge in [0.1, 0.15) is 12.8 Å². The Balaban J connectivity index is 3.27. The van der Waals surface area contributed by atoms with Crippen LogP contribution >= 0.6 is 23.5 Å². The predicted molar refractivity (Wildman–Crippen MR) is 87.6 cm³/mol. The molecule has 0 aliphatic rings. The van der Waals surface area contributed by atoms with E-state index in [1.807, 2.05) is 0 Å². The Labute approximate surface area is 138 Å². The summed E-state index contributed by atoms with van der Waals surface area (Å²) in [5.41, 5.74) is 0. The van der Waals surface area contributed by atoms with Crippen molar-refractivity contribution < 1.29 is 29.4 Å². The SMILES string of the molecule is O=C(O)CC(=O)CSCCCCCCSCC(=O)CC(=O)O. The van der Waals surface area contributed by atoms with Crippen molar-refractivity contribution in [3.8, 4) is 0 Å². The van der Waals surface area contributed by atoms with Crippen molar-refractivity contribution in [2.24, 2.45) is 0 Å². The maximum absolute atomic E-state index is 11.1. The standard InChI is InChI=1S/C14H22O6S2/c15-11(7-13(17)18)9-21-5-3-1-2-4-6-22-10-12(16)8-14(19)20/h1-10H2,(H,17,18)(H,19,20). The second kappa shape index (κ2) is 13.6. The molecule has 0 atom stereocenters. The lowest BCUT2D eigenvalue weighted by Gasteiger charge is -2.02. The van der Waals surface area contributed by atoms with Crippen molar-refractivity contribution in [3.63, 3.8) is 0 Å². The van der Waals surface area contributed by atoms with Crippen molar-refractivity contribution in [2.75, 3.05) is 23.0 Å². The third-order valence-electron chi connectivity index (χ3n) is 2.55. The number of hydrogen-bond donors (Lipinski definition) is 2. The molecule has 0 aromatic rings. The van der Waals surface area contributed by atoms with Gasteiger partial charge >= 0.3 is 11.9 Å². The van der Waals surface area contributed by atoms with E-state index in [0.29, 0.717) is 0 Å². The number of aliphatic carboxylic acids is 2. The van der Waals surface area contributed by atoms with Crippen LogP contribution in [0.2, 0.25) is 0 Å². The minimum atomic E-state index is -1.08. The fraction of sp³-hybridized carbons (Fsp3) is 0.714. The molecule has 0 heterocycles. The van der Waals surface area contributed by atoms with E-state index in [2.05, 4.69) is 0 Å². The van der Waals surface area contributed by atoms with Gasteiger partial charge in [-0.25, -0.2) is 0 Å². The van der Waals surface area contributed by atoms with E-state index in [-0.39, 0.29) is 23.1 Å². The highest BCUT2D eigenvalue weighted by Crippen LogP contribution is 2.11. The molecule has 0 aliphatic heterocycles. The third kappa shape index (κ3) is 15.4. The summed E-state index contributed by atoms with van der Waals surface area (Å²) in [6.07, 6.45) is 3.23. The van der Waals surface area contributed by atoms with E-state index in [1.54, 1.807) is 0 Å². The van der Waals surface area contributed by atoms with Crippen LogP contribution in [0.1, 0.15) is 38.5 Å². The summed E-state index contributed by atoms with van der Waals surface area (Å²) in [7, 11) is 0. The lowest BCUT2D eigenvalue weighted by molar-refractivity contribution is -0.141. The highest BCUT2D eigenvalue weighted by atomic mass is 32.2. The fourth-order valence-electron chi connectivity index (χ4n) is 1.57. The smallest absolute Gasteiger partial charge is 0.310 e. The van der Waals surface area contributed by atoms with E-state index in [1.165, 1.54) is 23.5 Å². The fourth-order valence-corrected chi connectivity index (χ4v) is 3.34. The number of rotatable bonds is 15. The summed E-state index contributed by atoms with van der Waals surface area (Å²) in [4.78, 5) is 42.8. The highest BCUT2D eigenvalue weighted by Gasteiger charge is 2.08. The van der Waals surface area contributed by atoms with E-state index >= 15 is 0 Å². The monoisotopic (exact) mass is 350 g/mol. The molecule has 126 valence electrons. The molecule has 2 N–H and O–H groups in total. The third-order valence-corrected chi connectivity index (χ3v) is 4.76. The summed E-state index contributed by atoms with van der Waals surface area (Å²) >= 11 is 2.93. The number of carbonyl (C=O) groups is 4. The number of carboxylic acid groups (broad SMARTS) is 2. The first-order valence-corrected chi connectivity index (χ1v) is 9.35. The average Bonchev–Trinajstić information content (AvgIpc) is 2.39. The van der Waals surface area contributed by atoms with E-state index in [0.717, 1.165) is 37.2 Å². The molecule has 0 rings (SSSR count). The molecule has 0 aromatic heterocycles. The molecule has 0 unspecified atom stereocenters. The van der Waals surface area contributed by atoms with Crippen LogP contribution in [0.4, 0.5) is 0 Å². The van der Waals surface area contributed by atoms with E-state index in [9.17, 15) is 19.2 Å². The Morgan fingerprint density at radius 3 is 1.32 bits per heavy atom. The minimum Gasteiger partial charge on any atom is -0.481 e. The van der Waals surface area contributed by atoms with Crippen molar-refractivity contribution in [2.45, 2.75) is 38.5 Å². The van der Waals surface area contributed by atoms with Crippen LogP contribution in [0.5, 0.6) is 0 Å². The topological polar surface area (TPSA) is 109 Å². The number of ketones is 2. The number of unbranched alkanes of at least 4 members (excludes halogenated alkanes) is 3. The molecule has 8 heteroatoms. The lowest BCUT2D eigenvalue weighted by Crippen LogP contribution is -2.09. The Morgan fingerprint density at radius 1 is 0.636 bits per heavy atom. The molecule has 0 aromatic carbocycles. The van der Waals surface area contributed by atoms with Gasteiger partial charge < -0.3 is 10.2 Å². The van der Waals surface area contributed by atoms with Gasteiger partial charge in [-0.1, -0.05) is 12.8 Å². The van der Waals surface area contributed by atoms with Gasteiger partial charge in [0.2, 0.25) is 0 Å². The molecular weight excluding hydrogens is 328 g/mol. The van der Waals surface area contributed by atoms with Gasteiger partial charge in [0, 0.05) is 0 Å². The molecule has 0 saturated heterocycles. The number of Topliss-reactive ketones (excluding diaryl/α,β-unsaturated/α-hetero) is 2. The zero-order valence-electron chi connectivity index (χ0n) is 12.4. The molecule has 0 spiro atoms. The largest absolute Gasteiger partial charge is 0.481 e. The molecule has 0 radical (unpaired) electrons. The molecule has 0 amide bonds. The molecule has 0 aliphatic carbocycles. The first kappa shape index (κ1) is 21.0. The van der Waals surface area contributed by atoms with Crippen LogP contribution < -0.4 is 0 Å². The second-order valence-electron chi connectivity index (χ2n) is 4.74. The van der Waals surface area contributed by atoms with Crippen LogP contribution in [0, 0.1) is 0 Å². The Kier molecular flexibility index (Phi) is 13.0. The number of carbonyl (C=O) groups excluding carboxylic acids is 2. The number of hydrogen-bond acceptors (Lipinski definition) is 6. The van der Waals surface area contributed by atoms with Crippen molar-refractivity contribution in [3.05, 3.63) is 0 Å². The summed E-state index contributed by atoms with van der Waals surface area (Å²) in [5, 5.41) is 16.8. The molecule has 0 saturated carbocycles. The Bertz CT molecular complexity index is 348. The Morgan fingerprint density at radius 2 is 1.00 bits per heavy atom. The van der Waals surface area contributed by atoms with Crippen LogP contribution in [-0.2, 0) is 19.2 Å². The first-order valence-electron chi connectivity index (χ1n) is 7.04. The quantitative estimate of drug-likeness (QED) is 0.341. The Hall–Kier alpha value is -1.02. The summed E-state index contributed by atoms with van der Waals surface area (Å²) < 4.78 is 0. The summed E-state index contributed by atoms with van der Waals surface area (Å²) in [6, 6.07) is 0. The van der Waals surface area contributed by atoms with Crippen molar-refractivity contribution in [1.82, 2.24) is 0 Å². The zero-order chi connectivity index (χ0) is 16.8. The van der Waals surface area contributed by atoms with Gasteiger partial charge in [0.05, 0.1) is 11.5 Å². The summed E-state index contributed by atoms with van der Waals surface area (Å²) in [6.45, 7) is 0. The zero-order valence-corrected chi connectivity index (χ0v) is 14.0. The highest BCUT2D eigenvalue weighted by molar-refractivity contribution is 8.00. The number of thioether (sulfide) groups is 2. The minimum absolute atomic E-state index is 0.250. The number of carboxylic acids is 2. The van der Waals surface area contributed by atoms with E-state index < -0.39 is 24.8 Å². The van der Waals surface area contributed by atoms with Gasteiger partial charge in [-0.15, -0.1) is 0 Å². The van der Waals surface area contributed by atoms with Crippen LogP contribution in [-0.4, -0.2) is 56.7 Å². The first-order chi connectivity index (χ1) is 10.4. The van der Waals surface area contributed by atoms with Crippen LogP contribution in [0.15, 0.2) is 0 Å². The van der Waals surface area contributed by atoms with Gasteiger partial charge in [0.25, 0.3) is 0 Å². The van der Waals surface area contributed by atoms with Crippen LogP contribution in [0.3, 0.4) is 0 Å².